The van der Waals surface area contributed by atoms with Crippen LogP contribution in [-0.2, 0) is 6.42 Å². The van der Waals surface area contributed by atoms with Gasteiger partial charge < -0.3 is 4.57 Å². The highest BCUT2D eigenvalue weighted by atomic mass is 35.5. The van der Waals surface area contributed by atoms with E-state index in [0.717, 1.165) is 28.7 Å². The van der Waals surface area contributed by atoms with Crippen LogP contribution in [0.3, 0.4) is 0 Å². The van der Waals surface area contributed by atoms with Gasteiger partial charge in [-0.2, -0.15) is 0 Å². The third kappa shape index (κ3) is 1.75. The van der Waals surface area contributed by atoms with Crippen LogP contribution in [0, 0.1) is 0 Å². The molecule has 3 nitrogen and oxygen atoms in total. The van der Waals surface area contributed by atoms with E-state index in [4.69, 9.17) is 11.6 Å². The lowest BCUT2D eigenvalue weighted by atomic mass is 10.1. The predicted molar refractivity (Wildman–Crippen MR) is 68.1 cm³/mol. The van der Waals surface area contributed by atoms with Gasteiger partial charge in [0.15, 0.2) is 5.82 Å². The van der Waals surface area contributed by atoms with Crippen LogP contribution < -0.4 is 0 Å². The Hall–Kier alpha value is -1.35. The number of aryl methyl sites for hydroxylation is 1. The summed E-state index contributed by atoms with van der Waals surface area (Å²) in [6.07, 6.45) is 3.39. The van der Waals surface area contributed by atoms with Crippen molar-refractivity contribution in [2.75, 3.05) is 0 Å². The molecule has 0 aliphatic carbocycles. The molecule has 88 valence electrons. The standard InChI is InChI=1S/C13H14ClN3/c1-9-5-4-8-12-15-16-13(17(9)12)10-6-2-3-7-11(10)14/h2-3,6-7,9H,4-5,8H2,1H3. The number of aromatic nitrogens is 3. The average Bonchev–Trinajstić information content (AvgIpc) is 2.75. The Bertz CT molecular complexity index is 547. The van der Waals surface area contributed by atoms with E-state index in [2.05, 4.69) is 21.7 Å². The third-order valence-corrected chi connectivity index (χ3v) is 3.67. The quantitative estimate of drug-likeness (QED) is 0.772. The first kappa shape index (κ1) is 10.8. The molecular formula is C13H14ClN3. The maximum atomic E-state index is 6.22. The SMILES string of the molecule is CC1CCCc2nnc(-c3ccccc3Cl)n21. The lowest BCUT2D eigenvalue weighted by Crippen LogP contribution is -2.16. The summed E-state index contributed by atoms with van der Waals surface area (Å²) in [7, 11) is 0. The van der Waals surface area contributed by atoms with Gasteiger partial charge in [-0.25, -0.2) is 0 Å². The Kier molecular flexibility index (Phi) is 2.63. The molecule has 2 aromatic rings. The summed E-state index contributed by atoms with van der Waals surface area (Å²) in [6.45, 7) is 2.21. The summed E-state index contributed by atoms with van der Waals surface area (Å²) in [4.78, 5) is 0. The zero-order chi connectivity index (χ0) is 11.8. The second kappa shape index (κ2) is 4.15. The highest BCUT2D eigenvalue weighted by Gasteiger charge is 2.22. The minimum Gasteiger partial charge on any atom is -0.308 e. The Balaban J connectivity index is 2.17. The fourth-order valence-electron chi connectivity index (χ4n) is 2.47. The monoisotopic (exact) mass is 247 g/mol. The van der Waals surface area contributed by atoms with Gasteiger partial charge in [0.2, 0.25) is 0 Å². The summed E-state index contributed by atoms with van der Waals surface area (Å²) >= 11 is 6.22. The molecule has 1 aromatic heterocycles. The zero-order valence-corrected chi connectivity index (χ0v) is 10.5. The summed E-state index contributed by atoms with van der Waals surface area (Å²) in [6, 6.07) is 8.27. The molecule has 1 aromatic carbocycles. The molecule has 2 heterocycles. The van der Waals surface area contributed by atoms with E-state index >= 15 is 0 Å². The van der Waals surface area contributed by atoms with Crippen molar-refractivity contribution in [3.05, 3.63) is 35.1 Å². The van der Waals surface area contributed by atoms with E-state index in [1.807, 2.05) is 24.3 Å². The lowest BCUT2D eigenvalue weighted by molar-refractivity contribution is 0.429. The van der Waals surface area contributed by atoms with E-state index < -0.39 is 0 Å². The van der Waals surface area contributed by atoms with Crippen molar-refractivity contribution < 1.29 is 0 Å². The molecule has 0 saturated heterocycles. The lowest BCUT2D eigenvalue weighted by Gasteiger charge is -2.22. The van der Waals surface area contributed by atoms with Crippen LogP contribution in [0.2, 0.25) is 5.02 Å². The summed E-state index contributed by atoms with van der Waals surface area (Å²) in [5.74, 6) is 1.98. The highest BCUT2D eigenvalue weighted by Crippen LogP contribution is 2.32. The number of rotatable bonds is 1. The molecule has 4 heteroatoms. The van der Waals surface area contributed by atoms with Gasteiger partial charge in [-0.1, -0.05) is 23.7 Å². The van der Waals surface area contributed by atoms with E-state index in [-0.39, 0.29) is 0 Å². The van der Waals surface area contributed by atoms with Gasteiger partial charge in [-0.05, 0) is 31.9 Å². The molecule has 0 fully saturated rings. The maximum Gasteiger partial charge on any atom is 0.165 e. The third-order valence-electron chi connectivity index (χ3n) is 3.34. The summed E-state index contributed by atoms with van der Waals surface area (Å²) in [5.41, 5.74) is 0.974. The van der Waals surface area contributed by atoms with E-state index in [1.54, 1.807) is 0 Å². The van der Waals surface area contributed by atoms with Crippen molar-refractivity contribution in [2.24, 2.45) is 0 Å². The largest absolute Gasteiger partial charge is 0.308 e. The number of halogens is 1. The predicted octanol–water partition coefficient (Wildman–Crippen LogP) is 3.50. The van der Waals surface area contributed by atoms with E-state index in [1.165, 1.54) is 12.8 Å². The van der Waals surface area contributed by atoms with Crippen molar-refractivity contribution in [1.29, 1.82) is 0 Å². The first-order valence-corrected chi connectivity index (χ1v) is 6.34. The van der Waals surface area contributed by atoms with Crippen LogP contribution in [0.4, 0.5) is 0 Å². The smallest absolute Gasteiger partial charge is 0.165 e. The van der Waals surface area contributed by atoms with Crippen molar-refractivity contribution in [2.45, 2.75) is 32.2 Å². The molecule has 0 amide bonds. The first-order chi connectivity index (χ1) is 8.27. The number of benzene rings is 1. The Labute approximate surface area is 105 Å². The molecule has 0 radical (unpaired) electrons. The molecule has 0 bridgehead atoms. The Morgan fingerprint density at radius 1 is 1.29 bits per heavy atom. The number of hydrogen-bond acceptors (Lipinski definition) is 2. The van der Waals surface area contributed by atoms with Crippen molar-refractivity contribution in [3.8, 4) is 11.4 Å². The molecule has 0 N–H and O–H groups in total. The van der Waals surface area contributed by atoms with Gasteiger partial charge >= 0.3 is 0 Å². The van der Waals surface area contributed by atoms with Crippen molar-refractivity contribution in [1.82, 2.24) is 14.8 Å². The van der Waals surface area contributed by atoms with Crippen LogP contribution in [0.5, 0.6) is 0 Å². The Morgan fingerprint density at radius 2 is 2.12 bits per heavy atom. The van der Waals surface area contributed by atoms with E-state index in [9.17, 15) is 0 Å². The first-order valence-electron chi connectivity index (χ1n) is 5.96. The molecule has 1 atom stereocenters. The van der Waals surface area contributed by atoms with Crippen molar-refractivity contribution >= 4 is 11.6 Å². The van der Waals surface area contributed by atoms with Crippen LogP contribution in [0.15, 0.2) is 24.3 Å². The molecule has 1 unspecified atom stereocenters. The molecule has 0 saturated carbocycles. The molecule has 1 aliphatic rings. The molecule has 17 heavy (non-hydrogen) atoms. The highest BCUT2D eigenvalue weighted by molar-refractivity contribution is 6.33. The van der Waals surface area contributed by atoms with Crippen LogP contribution in [0.25, 0.3) is 11.4 Å². The van der Waals surface area contributed by atoms with Gasteiger partial charge in [0, 0.05) is 18.0 Å². The second-order valence-electron chi connectivity index (χ2n) is 4.53. The van der Waals surface area contributed by atoms with E-state index in [0.29, 0.717) is 6.04 Å². The molecule has 1 aliphatic heterocycles. The van der Waals surface area contributed by atoms with Crippen LogP contribution in [0.1, 0.15) is 31.6 Å². The fraction of sp³-hybridized carbons (Fsp3) is 0.385. The van der Waals surface area contributed by atoms with Gasteiger partial charge in [0.25, 0.3) is 0 Å². The maximum absolute atomic E-state index is 6.22. The van der Waals surface area contributed by atoms with Crippen LogP contribution in [-0.4, -0.2) is 14.8 Å². The van der Waals surface area contributed by atoms with Gasteiger partial charge in [-0.3, -0.25) is 0 Å². The molecular weight excluding hydrogens is 234 g/mol. The fourth-order valence-corrected chi connectivity index (χ4v) is 2.69. The van der Waals surface area contributed by atoms with Gasteiger partial charge in [0.05, 0.1) is 5.02 Å². The normalized spacial score (nSPS) is 19.1. The number of hydrogen-bond donors (Lipinski definition) is 0. The minimum absolute atomic E-state index is 0.458. The number of nitrogens with zero attached hydrogens (tertiary/aromatic N) is 3. The van der Waals surface area contributed by atoms with Crippen LogP contribution >= 0.6 is 11.6 Å². The number of fused-ring (bicyclic) bond motifs is 1. The summed E-state index contributed by atoms with van der Waals surface area (Å²) in [5, 5.41) is 9.32. The Morgan fingerprint density at radius 3 is 2.94 bits per heavy atom. The molecule has 0 spiro atoms. The zero-order valence-electron chi connectivity index (χ0n) is 9.73. The topological polar surface area (TPSA) is 30.7 Å². The minimum atomic E-state index is 0.458. The average molecular weight is 248 g/mol. The van der Waals surface area contributed by atoms with Crippen molar-refractivity contribution in [3.63, 3.8) is 0 Å². The second-order valence-corrected chi connectivity index (χ2v) is 4.94. The van der Waals surface area contributed by atoms with Gasteiger partial charge in [0.1, 0.15) is 5.82 Å². The molecule has 3 rings (SSSR count). The summed E-state index contributed by atoms with van der Waals surface area (Å²) < 4.78 is 2.23. The van der Waals surface area contributed by atoms with Gasteiger partial charge in [-0.15, -0.1) is 10.2 Å².